The van der Waals surface area contributed by atoms with Gasteiger partial charge in [0.2, 0.25) is 5.91 Å². The summed E-state index contributed by atoms with van der Waals surface area (Å²) < 4.78 is 0. The van der Waals surface area contributed by atoms with E-state index in [9.17, 15) is 4.79 Å². The van der Waals surface area contributed by atoms with E-state index in [1.807, 2.05) is 6.92 Å². The van der Waals surface area contributed by atoms with E-state index >= 15 is 0 Å². The zero-order chi connectivity index (χ0) is 14.5. The monoisotopic (exact) mass is 311 g/mol. The Morgan fingerprint density at radius 2 is 2.30 bits per heavy atom. The standard InChI is InChI=1S/C13H17N3O2S2/c1-9-7-10-12(14-8-15-13(10)20-9)19-6-3-11(18)16(2)4-5-17/h7-8,17H,3-6H2,1-2H3. The molecule has 2 heterocycles. The number of carbonyl (C=O) groups excluding carboxylic acids is 1. The molecule has 20 heavy (non-hydrogen) atoms. The molecule has 2 rings (SSSR count). The molecule has 1 N–H and O–H groups in total. The number of likely N-dealkylation sites (N-methyl/N-ethyl adjacent to an activating group) is 1. The second kappa shape index (κ2) is 7.01. The van der Waals surface area contributed by atoms with E-state index in [1.54, 1.807) is 41.4 Å². The van der Waals surface area contributed by atoms with Crippen molar-refractivity contribution in [2.24, 2.45) is 0 Å². The number of hydrogen-bond acceptors (Lipinski definition) is 6. The fourth-order valence-corrected chi connectivity index (χ4v) is 3.58. The quantitative estimate of drug-likeness (QED) is 0.652. The van der Waals surface area contributed by atoms with Gasteiger partial charge >= 0.3 is 0 Å². The Kier molecular flexibility index (Phi) is 5.33. The lowest BCUT2D eigenvalue weighted by Gasteiger charge is -2.15. The lowest BCUT2D eigenvalue weighted by Crippen LogP contribution is -2.29. The van der Waals surface area contributed by atoms with Gasteiger partial charge in [0.25, 0.3) is 0 Å². The summed E-state index contributed by atoms with van der Waals surface area (Å²) in [5.41, 5.74) is 0. The summed E-state index contributed by atoms with van der Waals surface area (Å²) in [4.78, 5) is 24.0. The first-order valence-corrected chi connectivity index (χ1v) is 8.11. The van der Waals surface area contributed by atoms with E-state index < -0.39 is 0 Å². The van der Waals surface area contributed by atoms with Crippen LogP contribution < -0.4 is 0 Å². The maximum Gasteiger partial charge on any atom is 0.223 e. The van der Waals surface area contributed by atoms with Crippen LogP contribution in [0.5, 0.6) is 0 Å². The first kappa shape index (κ1) is 15.2. The molecule has 108 valence electrons. The Labute approximate surface area is 126 Å². The highest BCUT2D eigenvalue weighted by atomic mass is 32.2. The zero-order valence-electron chi connectivity index (χ0n) is 11.5. The smallest absolute Gasteiger partial charge is 0.223 e. The van der Waals surface area contributed by atoms with Gasteiger partial charge in [-0.1, -0.05) is 0 Å². The fourth-order valence-electron chi connectivity index (χ4n) is 1.77. The molecule has 0 aromatic carbocycles. The van der Waals surface area contributed by atoms with Gasteiger partial charge in [-0.15, -0.1) is 23.1 Å². The topological polar surface area (TPSA) is 66.3 Å². The van der Waals surface area contributed by atoms with Gasteiger partial charge in [0.1, 0.15) is 16.2 Å². The van der Waals surface area contributed by atoms with Gasteiger partial charge in [-0.05, 0) is 13.0 Å². The maximum atomic E-state index is 11.8. The normalized spacial score (nSPS) is 10.9. The number of amides is 1. The van der Waals surface area contributed by atoms with Gasteiger partial charge in [-0.2, -0.15) is 0 Å². The lowest BCUT2D eigenvalue weighted by atomic mass is 10.4. The molecular formula is C13H17N3O2S2. The van der Waals surface area contributed by atoms with E-state index in [0.29, 0.717) is 18.7 Å². The second-order valence-electron chi connectivity index (χ2n) is 4.39. The predicted octanol–water partition coefficient (Wildman–Crippen LogP) is 1.93. The molecule has 0 unspecified atom stereocenters. The number of fused-ring (bicyclic) bond motifs is 1. The van der Waals surface area contributed by atoms with Crippen LogP contribution in [0.25, 0.3) is 10.2 Å². The highest BCUT2D eigenvalue weighted by molar-refractivity contribution is 7.99. The maximum absolute atomic E-state index is 11.8. The number of nitrogens with zero attached hydrogens (tertiary/aromatic N) is 3. The zero-order valence-corrected chi connectivity index (χ0v) is 13.1. The first-order chi connectivity index (χ1) is 9.61. The number of hydrogen-bond donors (Lipinski definition) is 1. The molecule has 0 radical (unpaired) electrons. The summed E-state index contributed by atoms with van der Waals surface area (Å²) in [7, 11) is 1.70. The number of thioether (sulfide) groups is 1. The average molecular weight is 311 g/mol. The predicted molar refractivity (Wildman–Crippen MR) is 82.2 cm³/mol. The molecule has 0 fully saturated rings. The third-order valence-corrected chi connectivity index (χ3v) is 4.80. The van der Waals surface area contributed by atoms with Crippen LogP contribution in [0, 0.1) is 6.92 Å². The number of aliphatic hydroxyl groups excluding tert-OH is 1. The molecule has 0 aliphatic heterocycles. The van der Waals surface area contributed by atoms with Crippen LogP contribution in [-0.4, -0.2) is 51.8 Å². The molecule has 5 nitrogen and oxygen atoms in total. The third kappa shape index (κ3) is 3.68. The van der Waals surface area contributed by atoms with E-state index in [1.165, 1.54) is 4.88 Å². The SMILES string of the molecule is Cc1cc2c(SCCC(=O)N(C)CCO)ncnc2s1. The summed E-state index contributed by atoms with van der Waals surface area (Å²) in [6.07, 6.45) is 2.01. The Bertz CT molecular complexity index is 600. The Hall–Kier alpha value is -1.18. The largest absolute Gasteiger partial charge is 0.395 e. The number of aromatic nitrogens is 2. The minimum atomic E-state index is -0.00387. The molecule has 1 amide bonds. The molecule has 0 saturated heterocycles. The van der Waals surface area contributed by atoms with Gasteiger partial charge in [0.05, 0.1) is 6.61 Å². The van der Waals surface area contributed by atoms with Crippen molar-refractivity contribution in [3.05, 3.63) is 17.3 Å². The summed E-state index contributed by atoms with van der Waals surface area (Å²) in [6, 6.07) is 2.09. The average Bonchev–Trinajstić information content (AvgIpc) is 2.80. The molecule has 0 saturated carbocycles. The van der Waals surface area contributed by atoms with E-state index in [2.05, 4.69) is 16.0 Å². The summed E-state index contributed by atoms with van der Waals surface area (Å²) in [5, 5.41) is 10.8. The van der Waals surface area contributed by atoms with Crippen molar-refractivity contribution >= 4 is 39.2 Å². The van der Waals surface area contributed by atoms with Gasteiger partial charge in [-0.25, -0.2) is 9.97 Å². The second-order valence-corrected chi connectivity index (χ2v) is 6.71. The van der Waals surface area contributed by atoms with Crippen LogP contribution in [0.4, 0.5) is 0 Å². The molecule has 0 spiro atoms. The van der Waals surface area contributed by atoms with Crippen molar-refractivity contribution in [1.29, 1.82) is 0 Å². The number of aryl methyl sites for hydroxylation is 1. The van der Waals surface area contributed by atoms with Crippen molar-refractivity contribution in [3.63, 3.8) is 0 Å². The molecule has 2 aromatic rings. The van der Waals surface area contributed by atoms with Gasteiger partial charge in [0, 0.05) is 36.0 Å². The highest BCUT2D eigenvalue weighted by Gasteiger charge is 2.10. The van der Waals surface area contributed by atoms with E-state index in [4.69, 9.17) is 5.11 Å². The molecule has 2 aromatic heterocycles. The van der Waals surface area contributed by atoms with Crippen LogP contribution in [0.2, 0.25) is 0 Å². The Morgan fingerprint density at radius 3 is 3.05 bits per heavy atom. The van der Waals surface area contributed by atoms with Crippen LogP contribution in [0.1, 0.15) is 11.3 Å². The summed E-state index contributed by atoms with van der Waals surface area (Å²) in [6.45, 7) is 2.43. The van der Waals surface area contributed by atoms with Gasteiger partial charge < -0.3 is 10.0 Å². The Balaban J connectivity index is 1.94. The minimum Gasteiger partial charge on any atom is -0.395 e. The van der Waals surface area contributed by atoms with Crippen LogP contribution in [0.15, 0.2) is 17.4 Å². The van der Waals surface area contributed by atoms with Crippen LogP contribution in [-0.2, 0) is 4.79 Å². The fraction of sp³-hybridized carbons (Fsp3) is 0.462. The number of rotatable bonds is 6. The van der Waals surface area contributed by atoms with Crippen molar-refractivity contribution < 1.29 is 9.90 Å². The lowest BCUT2D eigenvalue weighted by molar-refractivity contribution is -0.129. The molecular weight excluding hydrogens is 294 g/mol. The molecule has 0 atom stereocenters. The van der Waals surface area contributed by atoms with Crippen molar-refractivity contribution in [2.45, 2.75) is 18.4 Å². The van der Waals surface area contributed by atoms with E-state index in [0.717, 1.165) is 15.2 Å². The third-order valence-electron chi connectivity index (χ3n) is 2.83. The number of carbonyl (C=O) groups is 1. The minimum absolute atomic E-state index is 0.00387. The van der Waals surface area contributed by atoms with Crippen molar-refractivity contribution in [2.75, 3.05) is 26.0 Å². The van der Waals surface area contributed by atoms with Crippen LogP contribution >= 0.6 is 23.1 Å². The molecule has 0 aliphatic carbocycles. The summed E-state index contributed by atoms with van der Waals surface area (Å²) >= 11 is 3.22. The molecule has 7 heteroatoms. The summed E-state index contributed by atoms with van der Waals surface area (Å²) in [5.74, 6) is 0.716. The first-order valence-electron chi connectivity index (χ1n) is 6.30. The van der Waals surface area contributed by atoms with Crippen LogP contribution in [0.3, 0.4) is 0 Å². The molecule has 0 bridgehead atoms. The van der Waals surface area contributed by atoms with Crippen molar-refractivity contribution in [1.82, 2.24) is 14.9 Å². The number of aliphatic hydroxyl groups is 1. The van der Waals surface area contributed by atoms with Gasteiger partial charge in [-0.3, -0.25) is 4.79 Å². The Morgan fingerprint density at radius 1 is 1.50 bits per heavy atom. The number of thiophene rings is 1. The van der Waals surface area contributed by atoms with E-state index in [-0.39, 0.29) is 12.5 Å². The van der Waals surface area contributed by atoms with Crippen molar-refractivity contribution in [3.8, 4) is 0 Å². The molecule has 0 aliphatic rings. The highest BCUT2D eigenvalue weighted by Crippen LogP contribution is 2.30. The van der Waals surface area contributed by atoms with Gasteiger partial charge in [0.15, 0.2) is 0 Å².